The summed E-state index contributed by atoms with van der Waals surface area (Å²) in [6, 6.07) is 6.52. The van der Waals surface area contributed by atoms with Gasteiger partial charge in [-0.15, -0.1) is 0 Å². The lowest BCUT2D eigenvalue weighted by Gasteiger charge is -2.17. The number of hydrogen-bond donors (Lipinski definition) is 0. The van der Waals surface area contributed by atoms with Gasteiger partial charge in [0.25, 0.3) is 0 Å². The summed E-state index contributed by atoms with van der Waals surface area (Å²) in [7, 11) is 0. The number of nitrogens with zero attached hydrogens (tertiary/aromatic N) is 1. The van der Waals surface area contributed by atoms with Gasteiger partial charge in [-0.1, -0.05) is 6.07 Å². The zero-order chi connectivity index (χ0) is 15.3. The summed E-state index contributed by atoms with van der Waals surface area (Å²) < 4.78 is 4.81. The highest BCUT2D eigenvalue weighted by atomic mass is 17.2. The molecule has 0 amide bonds. The summed E-state index contributed by atoms with van der Waals surface area (Å²) >= 11 is 0. The number of nitriles is 1. The monoisotopic (exact) mass is 277 g/mol. The molecule has 6 nitrogen and oxygen atoms in total. The Morgan fingerprint density at radius 2 is 1.85 bits per heavy atom. The van der Waals surface area contributed by atoms with Crippen LogP contribution in [-0.2, 0) is 14.5 Å². The van der Waals surface area contributed by atoms with Gasteiger partial charge in [0.1, 0.15) is 5.60 Å². The van der Waals surface area contributed by atoms with Gasteiger partial charge in [0.05, 0.1) is 17.2 Å². The molecule has 1 aromatic carbocycles. The first kappa shape index (κ1) is 15.5. The minimum atomic E-state index is -1.11. The molecule has 106 valence electrons. The van der Waals surface area contributed by atoms with Crippen molar-refractivity contribution in [1.29, 1.82) is 5.26 Å². The second-order valence-electron chi connectivity index (χ2n) is 5.01. The van der Waals surface area contributed by atoms with Gasteiger partial charge in [0.2, 0.25) is 0 Å². The highest BCUT2D eigenvalue weighted by Crippen LogP contribution is 2.15. The van der Waals surface area contributed by atoms with Crippen LogP contribution in [-0.4, -0.2) is 17.7 Å². The van der Waals surface area contributed by atoms with E-state index in [4.69, 9.17) is 10.00 Å². The molecule has 0 aliphatic rings. The van der Waals surface area contributed by atoms with Crippen molar-refractivity contribution in [1.82, 2.24) is 0 Å². The predicted molar refractivity (Wildman–Crippen MR) is 68.6 cm³/mol. The highest BCUT2D eigenvalue weighted by molar-refractivity contribution is 5.91. The molecule has 0 N–H and O–H groups in total. The molecule has 0 saturated heterocycles. The van der Waals surface area contributed by atoms with E-state index in [1.165, 1.54) is 12.1 Å². The first-order chi connectivity index (χ1) is 9.24. The van der Waals surface area contributed by atoms with E-state index in [1.807, 2.05) is 6.07 Å². The first-order valence-electron chi connectivity index (χ1n) is 5.86. The van der Waals surface area contributed by atoms with Crippen LogP contribution in [0.3, 0.4) is 0 Å². The summed E-state index contributed by atoms with van der Waals surface area (Å²) in [5.74, 6) is -0.870. The van der Waals surface area contributed by atoms with E-state index in [9.17, 15) is 9.59 Å². The molecule has 0 aliphatic heterocycles. The standard InChI is InChI=1S/C14H15NO5/c1-9-10(8-15)6-5-7-11(9)12(16)19-20-13(17)18-14(2,3)4/h5-7H,1-4H3. The van der Waals surface area contributed by atoms with Crippen molar-refractivity contribution in [2.24, 2.45) is 0 Å². The molecule has 0 aromatic heterocycles. The normalized spacial score (nSPS) is 10.3. The number of benzene rings is 1. The lowest BCUT2D eigenvalue weighted by atomic mass is 10.0. The van der Waals surface area contributed by atoms with E-state index < -0.39 is 17.7 Å². The fraction of sp³-hybridized carbons (Fsp3) is 0.357. The van der Waals surface area contributed by atoms with Gasteiger partial charge in [-0.3, -0.25) is 0 Å². The third kappa shape index (κ3) is 4.28. The van der Waals surface area contributed by atoms with Gasteiger partial charge in [-0.05, 0) is 45.4 Å². The molecule has 0 radical (unpaired) electrons. The largest absolute Gasteiger partial charge is 0.550 e. The van der Waals surface area contributed by atoms with E-state index in [-0.39, 0.29) is 5.56 Å². The van der Waals surface area contributed by atoms with Crippen molar-refractivity contribution < 1.29 is 24.1 Å². The molecule has 0 unspecified atom stereocenters. The first-order valence-corrected chi connectivity index (χ1v) is 5.86. The lowest BCUT2D eigenvalue weighted by molar-refractivity contribution is -0.211. The van der Waals surface area contributed by atoms with Gasteiger partial charge in [-0.2, -0.15) is 10.1 Å². The molecule has 0 saturated carbocycles. The van der Waals surface area contributed by atoms with Crippen molar-refractivity contribution >= 4 is 12.1 Å². The zero-order valence-corrected chi connectivity index (χ0v) is 11.7. The minimum absolute atomic E-state index is 0.146. The summed E-state index contributed by atoms with van der Waals surface area (Å²) in [6.45, 7) is 6.55. The van der Waals surface area contributed by atoms with E-state index >= 15 is 0 Å². The smallest absolute Gasteiger partial charge is 0.426 e. The van der Waals surface area contributed by atoms with Gasteiger partial charge in [0, 0.05) is 0 Å². The van der Waals surface area contributed by atoms with Crippen LogP contribution < -0.4 is 0 Å². The van der Waals surface area contributed by atoms with Gasteiger partial charge >= 0.3 is 12.1 Å². The van der Waals surface area contributed by atoms with E-state index in [2.05, 4.69) is 9.78 Å². The molecule has 1 aromatic rings. The average Bonchev–Trinajstić information content (AvgIpc) is 2.34. The molecule has 6 heteroatoms. The maximum Gasteiger partial charge on any atom is 0.550 e. The molecule has 0 heterocycles. The van der Waals surface area contributed by atoms with Crippen molar-refractivity contribution in [3.05, 3.63) is 34.9 Å². The Balaban J connectivity index is 2.70. The zero-order valence-electron chi connectivity index (χ0n) is 11.7. The average molecular weight is 277 g/mol. The van der Waals surface area contributed by atoms with Crippen LogP contribution in [0.2, 0.25) is 0 Å². The van der Waals surface area contributed by atoms with Gasteiger partial charge in [0.15, 0.2) is 0 Å². The van der Waals surface area contributed by atoms with Crippen molar-refractivity contribution in [2.75, 3.05) is 0 Å². The quantitative estimate of drug-likeness (QED) is 0.445. The number of carbonyl (C=O) groups excluding carboxylic acids is 2. The molecular weight excluding hydrogens is 262 g/mol. The highest BCUT2D eigenvalue weighted by Gasteiger charge is 2.21. The molecule has 0 fully saturated rings. The Morgan fingerprint density at radius 3 is 2.40 bits per heavy atom. The van der Waals surface area contributed by atoms with Gasteiger partial charge < -0.3 is 4.74 Å². The fourth-order valence-corrected chi connectivity index (χ4v) is 1.36. The maximum atomic E-state index is 11.7. The number of ether oxygens (including phenoxy) is 1. The number of rotatable bonds is 1. The maximum absolute atomic E-state index is 11.7. The summed E-state index contributed by atoms with van der Waals surface area (Å²) in [4.78, 5) is 31.6. The van der Waals surface area contributed by atoms with E-state index in [0.717, 1.165) is 0 Å². The van der Waals surface area contributed by atoms with Crippen LogP contribution in [0.1, 0.15) is 42.3 Å². The van der Waals surface area contributed by atoms with Crippen molar-refractivity contribution in [3.8, 4) is 6.07 Å². The van der Waals surface area contributed by atoms with Crippen LogP contribution in [0.5, 0.6) is 0 Å². The fourth-order valence-electron chi connectivity index (χ4n) is 1.36. The second kappa shape index (κ2) is 6.06. The Hall–Kier alpha value is -2.55. The molecule has 20 heavy (non-hydrogen) atoms. The Labute approximate surface area is 116 Å². The number of hydrogen-bond acceptors (Lipinski definition) is 6. The summed E-state index contributed by atoms with van der Waals surface area (Å²) in [5.41, 5.74) is 0.192. The van der Waals surface area contributed by atoms with Crippen LogP contribution >= 0.6 is 0 Å². The lowest BCUT2D eigenvalue weighted by Crippen LogP contribution is -2.25. The Morgan fingerprint density at radius 1 is 1.20 bits per heavy atom. The second-order valence-corrected chi connectivity index (χ2v) is 5.01. The molecule has 0 atom stereocenters. The topological polar surface area (TPSA) is 85.6 Å². The van der Waals surface area contributed by atoms with Crippen molar-refractivity contribution in [3.63, 3.8) is 0 Å². The van der Waals surface area contributed by atoms with Crippen LogP contribution in [0.4, 0.5) is 4.79 Å². The molecule has 0 bridgehead atoms. The molecular formula is C14H15NO5. The SMILES string of the molecule is Cc1c(C#N)cccc1C(=O)OOC(=O)OC(C)(C)C. The minimum Gasteiger partial charge on any atom is -0.426 e. The van der Waals surface area contributed by atoms with Crippen molar-refractivity contribution in [2.45, 2.75) is 33.3 Å². The van der Waals surface area contributed by atoms with E-state index in [0.29, 0.717) is 11.1 Å². The summed E-state index contributed by atoms with van der Waals surface area (Å²) in [6.07, 6.45) is -1.11. The predicted octanol–water partition coefficient (Wildman–Crippen LogP) is 2.89. The molecule has 0 spiro atoms. The molecule has 1 rings (SSSR count). The summed E-state index contributed by atoms with van der Waals surface area (Å²) in [5, 5.41) is 8.86. The third-order valence-electron chi connectivity index (χ3n) is 2.25. The van der Waals surface area contributed by atoms with Crippen LogP contribution in [0.15, 0.2) is 18.2 Å². The van der Waals surface area contributed by atoms with Gasteiger partial charge in [-0.25, -0.2) is 14.6 Å². The Bertz CT molecular complexity index is 566. The molecule has 0 aliphatic carbocycles. The van der Waals surface area contributed by atoms with Crippen LogP contribution in [0, 0.1) is 18.3 Å². The Kier molecular flexibility index (Phi) is 4.70. The third-order valence-corrected chi connectivity index (χ3v) is 2.25. The number of carbonyl (C=O) groups is 2. The van der Waals surface area contributed by atoms with Crippen LogP contribution in [0.25, 0.3) is 0 Å². The van der Waals surface area contributed by atoms with E-state index in [1.54, 1.807) is 33.8 Å².